The number of nitrogens with zero attached hydrogens (tertiary/aromatic N) is 1. The predicted octanol–water partition coefficient (Wildman–Crippen LogP) is 4.30. The zero-order valence-corrected chi connectivity index (χ0v) is 18.1. The van der Waals surface area contributed by atoms with Gasteiger partial charge in [-0.15, -0.1) is 0 Å². The van der Waals surface area contributed by atoms with Gasteiger partial charge in [0.05, 0.1) is 24.2 Å². The molecule has 0 saturated heterocycles. The fourth-order valence-electron chi connectivity index (χ4n) is 3.16. The van der Waals surface area contributed by atoms with Gasteiger partial charge in [-0.3, -0.25) is 9.10 Å². The van der Waals surface area contributed by atoms with E-state index in [2.05, 4.69) is 5.32 Å². The number of carbonyl (C=O) groups is 1. The van der Waals surface area contributed by atoms with Crippen LogP contribution in [0.1, 0.15) is 0 Å². The number of hydrogen-bond acceptors (Lipinski definition) is 5. The highest BCUT2D eigenvalue weighted by Gasteiger charge is 2.35. The number of anilines is 2. The monoisotopic (exact) mass is 458 g/mol. The molecule has 1 aliphatic heterocycles. The van der Waals surface area contributed by atoms with Gasteiger partial charge in [0.15, 0.2) is 11.9 Å². The van der Waals surface area contributed by atoms with Crippen molar-refractivity contribution in [1.82, 2.24) is 0 Å². The van der Waals surface area contributed by atoms with E-state index in [1.807, 2.05) is 18.2 Å². The molecule has 1 atom stereocenters. The molecule has 3 aromatic rings. The quantitative estimate of drug-likeness (QED) is 0.616. The molecule has 1 aliphatic rings. The molecular formula is C22H19ClN2O5S. The Balaban J connectivity index is 1.58. The Morgan fingerprint density at radius 1 is 1.10 bits per heavy atom. The van der Waals surface area contributed by atoms with Crippen LogP contribution >= 0.6 is 11.6 Å². The van der Waals surface area contributed by atoms with Crippen LogP contribution in [0.3, 0.4) is 0 Å². The van der Waals surface area contributed by atoms with Crippen LogP contribution < -0.4 is 19.1 Å². The standard InChI is InChI=1S/C22H19ClN2O5S/c1-31(27,28)25-14-21(30-20-12-11-15(23)13-18(20)25)22(26)24-17-9-5-6-10-19(17)29-16-7-3-2-4-8-16/h2-13,21H,14H2,1H3,(H,24,26). The highest BCUT2D eigenvalue weighted by Crippen LogP contribution is 2.37. The molecule has 0 aromatic heterocycles. The Bertz CT molecular complexity index is 1220. The SMILES string of the molecule is CS(=O)(=O)N1CC(C(=O)Nc2ccccc2Oc2ccccc2)Oc2ccc(Cl)cc21. The van der Waals surface area contributed by atoms with Crippen molar-refractivity contribution in [2.75, 3.05) is 22.4 Å². The van der Waals surface area contributed by atoms with Crippen molar-refractivity contribution in [2.45, 2.75) is 6.10 Å². The Labute approximate surface area is 185 Å². The highest BCUT2D eigenvalue weighted by molar-refractivity contribution is 7.92. The van der Waals surface area contributed by atoms with Crippen molar-refractivity contribution in [3.05, 3.63) is 77.8 Å². The number of hydrogen-bond donors (Lipinski definition) is 1. The van der Waals surface area contributed by atoms with Gasteiger partial charge in [-0.25, -0.2) is 8.42 Å². The highest BCUT2D eigenvalue weighted by atomic mass is 35.5. The van der Waals surface area contributed by atoms with Crippen LogP contribution in [-0.4, -0.2) is 33.2 Å². The molecule has 0 saturated carbocycles. The Kier molecular flexibility index (Phi) is 5.75. The first-order valence-electron chi connectivity index (χ1n) is 9.38. The van der Waals surface area contributed by atoms with Crippen molar-refractivity contribution in [3.8, 4) is 17.2 Å². The van der Waals surface area contributed by atoms with Gasteiger partial charge in [0, 0.05) is 5.02 Å². The van der Waals surface area contributed by atoms with Crippen molar-refractivity contribution >= 4 is 38.9 Å². The summed E-state index contributed by atoms with van der Waals surface area (Å²) in [4.78, 5) is 13.0. The predicted molar refractivity (Wildman–Crippen MR) is 120 cm³/mol. The van der Waals surface area contributed by atoms with Gasteiger partial charge < -0.3 is 14.8 Å². The third-order valence-electron chi connectivity index (χ3n) is 4.60. The van der Waals surface area contributed by atoms with Gasteiger partial charge in [0.25, 0.3) is 5.91 Å². The molecule has 4 rings (SSSR count). The minimum absolute atomic E-state index is 0.181. The number of fused-ring (bicyclic) bond motifs is 1. The summed E-state index contributed by atoms with van der Waals surface area (Å²) in [6, 6.07) is 20.7. The van der Waals surface area contributed by atoms with Crippen molar-refractivity contribution in [3.63, 3.8) is 0 Å². The summed E-state index contributed by atoms with van der Waals surface area (Å²) in [7, 11) is -3.65. The van der Waals surface area contributed by atoms with Crippen molar-refractivity contribution < 1.29 is 22.7 Å². The Hall–Kier alpha value is -3.23. The molecule has 160 valence electrons. The molecule has 0 fully saturated rings. The summed E-state index contributed by atoms with van der Waals surface area (Å²) >= 11 is 6.01. The number of nitrogens with one attached hydrogen (secondary N) is 1. The maximum atomic E-state index is 13.0. The molecule has 31 heavy (non-hydrogen) atoms. The van der Waals surface area contributed by atoms with Crippen LogP contribution in [0.25, 0.3) is 0 Å². The number of rotatable bonds is 5. The second kappa shape index (κ2) is 8.49. The largest absolute Gasteiger partial charge is 0.476 e. The number of ether oxygens (including phenoxy) is 2. The maximum absolute atomic E-state index is 13.0. The molecule has 7 nitrogen and oxygen atoms in total. The first kappa shape index (κ1) is 21.0. The smallest absolute Gasteiger partial charge is 0.267 e. The number of amides is 1. The lowest BCUT2D eigenvalue weighted by Gasteiger charge is -2.34. The number of halogens is 1. The van der Waals surface area contributed by atoms with Crippen LogP contribution in [0.2, 0.25) is 5.02 Å². The second-order valence-corrected chi connectivity index (χ2v) is 9.26. The van der Waals surface area contributed by atoms with Crippen LogP contribution in [0.4, 0.5) is 11.4 Å². The molecule has 0 aliphatic carbocycles. The van der Waals surface area contributed by atoms with Gasteiger partial charge in [-0.1, -0.05) is 41.9 Å². The lowest BCUT2D eigenvalue weighted by Crippen LogP contribution is -2.48. The number of carbonyl (C=O) groups excluding carboxylic acids is 1. The minimum atomic E-state index is -3.65. The molecule has 1 unspecified atom stereocenters. The minimum Gasteiger partial charge on any atom is -0.476 e. The van der Waals surface area contributed by atoms with Crippen LogP contribution in [-0.2, 0) is 14.8 Å². The Morgan fingerprint density at radius 3 is 2.55 bits per heavy atom. The lowest BCUT2D eigenvalue weighted by atomic mass is 10.2. The maximum Gasteiger partial charge on any atom is 0.267 e. The normalized spacial score (nSPS) is 15.5. The average molecular weight is 459 g/mol. The van der Waals surface area contributed by atoms with E-state index in [0.717, 1.165) is 10.6 Å². The molecule has 3 aromatic carbocycles. The molecule has 1 N–H and O–H groups in total. The third kappa shape index (κ3) is 4.76. The number of sulfonamides is 1. The Morgan fingerprint density at radius 2 is 1.81 bits per heavy atom. The van der Waals surface area contributed by atoms with E-state index in [1.54, 1.807) is 48.5 Å². The van der Waals surface area contributed by atoms with E-state index < -0.39 is 22.0 Å². The summed E-state index contributed by atoms with van der Waals surface area (Å²) in [5.41, 5.74) is 0.736. The summed E-state index contributed by atoms with van der Waals surface area (Å²) in [5.74, 6) is 0.825. The summed E-state index contributed by atoms with van der Waals surface area (Å²) in [5, 5.41) is 3.14. The summed E-state index contributed by atoms with van der Waals surface area (Å²) < 4.78 is 37.4. The molecule has 1 heterocycles. The van der Waals surface area contributed by atoms with Gasteiger partial charge in [-0.05, 0) is 42.5 Å². The molecule has 0 bridgehead atoms. The van der Waals surface area contributed by atoms with E-state index in [4.69, 9.17) is 21.1 Å². The van der Waals surface area contributed by atoms with Gasteiger partial charge in [-0.2, -0.15) is 0 Å². The molecular weight excluding hydrogens is 440 g/mol. The van der Waals surface area contributed by atoms with Gasteiger partial charge in [0.2, 0.25) is 10.0 Å². The van der Waals surface area contributed by atoms with E-state index in [9.17, 15) is 13.2 Å². The van der Waals surface area contributed by atoms with E-state index in [-0.39, 0.29) is 12.3 Å². The fraction of sp³-hybridized carbons (Fsp3) is 0.136. The molecule has 0 radical (unpaired) electrons. The number of benzene rings is 3. The topological polar surface area (TPSA) is 84.9 Å². The van der Waals surface area contributed by atoms with Crippen molar-refractivity contribution in [2.24, 2.45) is 0 Å². The fourth-order valence-corrected chi connectivity index (χ4v) is 4.24. The third-order valence-corrected chi connectivity index (χ3v) is 5.98. The van der Waals surface area contributed by atoms with Crippen molar-refractivity contribution in [1.29, 1.82) is 0 Å². The van der Waals surface area contributed by atoms with E-state index >= 15 is 0 Å². The summed E-state index contributed by atoms with van der Waals surface area (Å²) in [6.07, 6.45) is 0.00854. The van der Waals surface area contributed by atoms with E-state index in [0.29, 0.717) is 27.9 Å². The lowest BCUT2D eigenvalue weighted by molar-refractivity contribution is -0.122. The average Bonchev–Trinajstić information content (AvgIpc) is 2.74. The van der Waals surface area contributed by atoms with E-state index in [1.165, 1.54) is 6.07 Å². The first-order valence-corrected chi connectivity index (χ1v) is 11.6. The van der Waals surface area contributed by atoms with Crippen LogP contribution in [0, 0.1) is 0 Å². The zero-order chi connectivity index (χ0) is 22.0. The molecule has 9 heteroatoms. The first-order chi connectivity index (χ1) is 14.8. The van der Waals surface area contributed by atoms with Gasteiger partial charge in [0.1, 0.15) is 11.5 Å². The summed E-state index contributed by atoms with van der Waals surface area (Å²) in [6.45, 7) is -0.181. The van der Waals surface area contributed by atoms with Crippen LogP contribution in [0.5, 0.6) is 17.2 Å². The van der Waals surface area contributed by atoms with Crippen LogP contribution in [0.15, 0.2) is 72.8 Å². The number of para-hydroxylation sites is 3. The van der Waals surface area contributed by atoms with Gasteiger partial charge >= 0.3 is 0 Å². The molecule has 1 amide bonds. The second-order valence-electron chi connectivity index (χ2n) is 6.91. The molecule has 0 spiro atoms. The zero-order valence-electron chi connectivity index (χ0n) is 16.5.